The van der Waals surface area contributed by atoms with Gasteiger partial charge in [-0.25, -0.2) is 13.2 Å². The molecule has 2 aromatic carbocycles. The van der Waals surface area contributed by atoms with Gasteiger partial charge >= 0.3 is 6.11 Å². The molecule has 7 heteroatoms. The van der Waals surface area contributed by atoms with E-state index in [9.17, 15) is 22.0 Å². The van der Waals surface area contributed by atoms with Gasteiger partial charge in [-0.3, -0.25) is 0 Å². The van der Waals surface area contributed by atoms with Crippen LogP contribution in [0.3, 0.4) is 0 Å². The van der Waals surface area contributed by atoms with Crippen molar-refractivity contribution in [3.63, 3.8) is 0 Å². The van der Waals surface area contributed by atoms with Crippen molar-refractivity contribution in [1.29, 1.82) is 0 Å². The Balaban J connectivity index is 2.03. The number of unbranched alkanes of at least 4 members (excludes halogenated alkanes) is 2. The second kappa shape index (κ2) is 10.1. The Kier molecular flexibility index (Phi) is 7.84. The smallest absolute Gasteiger partial charge is 0.426 e. The molecule has 152 valence electrons. The zero-order chi connectivity index (χ0) is 20.6. The van der Waals surface area contributed by atoms with Gasteiger partial charge in [0, 0.05) is 12.1 Å². The van der Waals surface area contributed by atoms with Crippen LogP contribution in [-0.2, 0) is 12.5 Å². The summed E-state index contributed by atoms with van der Waals surface area (Å²) in [5.41, 5.74) is 0.602. The second-order valence-electron chi connectivity index (χ2n) is 6.15. The number of hydrogen-bond acceptors (Lipinski definition) is 2. The predicted molar refractivity (Wildman–Crippen MR) is 96.4 cm³/mol. The van der Waals surface area contributed by atoms with Crippen molar-refractivity contribution in [2.75, 3.05) is 0 Å². The summed E-state index contributed by atoms with van der Waals surface area (Å²) < 4.78 is 75.9. The summed E-state index contributed by atoms with van der Waals surface area (Å²) in [7, 11) is 0. The molecule has 0 atom stereocenters. The molecule has 0 heterocycles. The fourth-order valence-electron chi connectivity index (χ4n) is 2.46. The van der Waals surface area contributed by atoms with Crippen molar-refractivity contribution in [3.8, 4) is 11.5 Å². The SMILES string of the molecule is CCCCCc1ccc(C(F)(F)Oc2ccc(O/C=C/C(F)F)c(F)c2)cc1. The van der Waals surface area contributed by atoms with Crippen LogP contribution in [0, 0.1) is 5.82 Å². The van der Waals surface area contributed by atoms with Gasteiger partial charge in [0.1, 0.15) is 5.75 Å². The highest BCUT2D eigenvalue weighted by atomic mass is 19.3. The largest absolute Gasteiger partial charge is 0.462 e. The Bertz CT molecular complexity index is 773. The maximum absolute atomic E-state index is 14.3. The van der Waals surface area contributed by atoms with E-state index in [1.807, 2.05) is 0 Å². The van der Waals surface area contributed by atoms with Crippen molar-refractivity contribution < 1.29 is 31.4 Å². The molecule has 0 saturated heterocycles. The molecule has 2 nitrogen and oxygen atoms in total. The first-order valence-electron chi connectivity index (χ1n) is 8.89. The van der Waals surface area contributed by atoms with Crippen molar-refractivity contribution in [2.24, 2.45) is 0 Å². The maximum Gasteiger partial charge on any atom is 0.426 e. The predicted octanol–water partition coefficient (Wildman–Crippen LogP) is 6.84. The van der Waals surface area contributed by atoms with Gasteiger partial charge < -0.3 is 9.47 Å². The first-order valence-corrected chi connectivity index (χ1v) is 8.89. The van der Waals surface area contributed by atoms with E-state index in [0.717, 1.165) is 43.4 Å². The van der Waals surface area contributed by atoms with E-state index >= 15 is 0 Å². The number of allylic oxidation sites excluding steroid dienone is 1. The molecule has 2 rings (SSSR count). The third kappa shape index (κ3) is 6.55. The second-order valence-corrected chi connectivity index (χ2v) is 6.15. The Morgan fingerprint density at radius 3 is 2.36 bits per heavy atom. The first kappa shape index (κ1) is 21.7. The van der Waals surface area contributed by atoms with E-state index in [2.05, 4.69) is 11.7 Å². The molecule has 0 aliphatic rings. The Morgan fingerprint density at radius 2 is 1.75 bits per heavy atom. The van der Waals surface area contributed by atoms with Crippen LogP contribution in [0.25, 0.3) is 0 Å². The van der Waals surface area contributed by atoms with E-state index in [1.165, 1.54) is 12.1 Å². The Labute approximate surface area is 160 Å². The average Bonchev–Trinajstić information content (AvgIpc) is 2.64. The molecule has 28 heavy (non-hydrogen) atoms. The quantitative estimate of drug-likeness (QED) is 0.247. The highest BCUT2D eigenvalue weighted by Gasteiger charge is 2.34. The molecule has 0 spiro atoms. The molecule has 0 amide bonds. The zero-order valence-corrected chi connectivity index (χ0v) is 15.3. The van der Waals surface area contributed by atoms with Crippen LogP contribution in [0.4, 0.5) is 22.0 Å². The number of benzene rings is 2. The third-order valence-corrected chi connectivity index (χ3v) is 3.93. The monoisotopic (exact) mass is 400 g/mol. The number of rotatable bonds is 10. The van der Waals surface area contributed by atoms with Crippen LogP contribution in [-0.4, -0.2) is 6.43 Å². The molecule has 0 fully saturated rings. The topological polar surface area (TPSA) is 18.5 Å². The summed E-state index contributed by atoms with van der Waals surface area (Å²) in [6.07, 6.45) is -1.41. The zero-order valence-electron chi connectivity index (χ0n) is 15.3. The molecule has 0 aliphatic carbocycles. The minimum atomic E-state index is -3.66. The van der Waals surface area contributed by atoms with Crippen molar-refractivity contribution >= 4 is 0 Å². The Morgan fingerprint density at radius 1 is 1.04 bits per heavy atom. The lowest BCUT2D eigenvalue weighted by atomic mass is 10.1. The first-order chi connectivity index (χ1) is 13.3. The normalized spacial score (nSPS) is 12.0. The minimum absolute atomic E-state index is 0.354. The highest BCUT2D eigenvalue weighted by Crippen LogP contribution is 2.33. The molecule has 0 radical (unpaired) electrons. The molecule has 0 bridgehead atoms. The van der Waals surface area contributed by atoms with E-state index < -0.39 is 24.1 Å². The lowest BCUT2D eigenvalue weighted by Gasteiger charge is -2.19. The molecular formula is C21H21F5O2. The minimum Gasteiger partial charge on any atom is -0.462 e. The van der Waals surface area contributed by atoms with E-state index in [0.29, 0.717) is 18.4 Å². The van der Waals surface area contributed by atoms with E-state index in [4.69, 9.17) is 4.74 Å². The molecule has 2 aromatic rings. The van der Waals surface area contributed by atoms with Crippen molar-refractivity contribution in [3.05, 3.63) is 71.7 Å². The summed E-state index contributed by atoms with van der Waals surface area (Å²) >= 11 is 0. The third-order valence-electron chi connectivity index (χ3n) is 3.93. The lowest BCUT2D eigenvalue weighted by molar-refractivity contribution is -0.185. The molecule has 0 unspecified atom stereocenters. The number of aryl methyl sites for hydroxylation is 1. The number of alkyl halides is 4. The van der Waals surface area contributed by atoms with Gasteiger partial charge in [-0.05, 0) is 42.7 Å². The lowest BCUT2D eigenvalue weighted by Crippen LogP contribution is -2.21. The fourth-order valence-corrected chi connectivity index (χ4v) is 2.46. The van der Waals surface area contributed by atoms with Crippen LogP contribution in [0.2, 0.25) is 0 Å². The van der Waals surface area contributed by atoms with Crippen LogP contribution in [0.5, 0.6) is 11.5 Å². The maximum atomic E-state index is 14.3. The van der Waals surface area contributed by atoms with E-state index in [1.54, 1.807) is 12.1 Å². The van der Waals surface area contributed by atoms with Gasteiger partial charge in [-0.1, -0.05) is 31.9 Å². The summed E-state index contributed by atoms with van der Waals surface area (Å²) in [5, 5.41) is 0. The van der Waals surface area contributed by atoms with Crippen LogP contribution >= 0.6 is 0 Å². The Hall–Kier alpha value is -2.57. The van der Waals surface area contributed by atoms with Crippen LogP contribution < -0.4 is 9.47 Å². The number of halogens is 5. The van der Waals surface area contributed by atoms with Gasteiger partial charge in [0.2, 0.25) is 0 Å². The molecular weight excluding hydrogens is 379 g/mol. The van der Waals surface area contributed by atoms with E-state index in [-0.39, 0.29) is 11.3 Å². The van der Waals surface area contributed by atoms with Crippen LogP contribution in [0.15, 0.2) is 54.8 Å². The van der Waals surface area contributed by atoms with Gasteiger partial charge in [-0.15, -0.1) is 0 Å². The van der Waals surface area contributed by atoms with Gasteiger partial charge in [0.15, 0.2) is 11.6 Å². The average molecular weight is 400 g/mol. The van der Waals surface area contributed by atoms with Gasteiger partial charge in [0.25, 0.3) is 6.43 Å². The number of hydrogen-bond donors (Lipinski definition) is 0. The molecule has 0 saturated carbocycles. The summed E-state index contributed by atoms with van der Waals surface area (Å²) in [6.45, 7) is 2.09. The van der Waals surface area contributed by atoms with Gasteiger partial charge in [0.05, 0.1) is 11.8 Å². The van der Waals surface area contributed by atoms with Crippen molar-refractivity contribution in [2.45, 2.75) is 45.1 Å². The summed E-state index contributed by atoms with van der Waals surface area (Å²) in [6, 6.07) is 8.60. The summed E-state index contributed by atoms with van der Waals surface area (Å²) in [4.78, 5) is 0. The standard InChI is InChI=1S/C21H21F5O2/c1-2-3-4-5-15-6-8-16(9-7-15)21(25,26)28-17-10-11-19(18(22)14-17)27-13-12-20(23)24/h6-14,20H,2-5H2,1H3/b13-12+. The number of ether oxygens (including phenoxy) is 2. The fraction of sp³-hybridized carbons (Fsp3) is 0.333. The summed E-state index contributed by atoms with van der Waals surface area (Å²) in [5.74, 6) is -1.82. The molecule has 0 N–H and O–H groups in total. The molecule has 0 aromatic heterocycles. The highest BCUT2D eigenvalue weighted by molar-refractivity contribution is 5.34. The van der Waals surface area contributed by atoms with Gasteiger partial charge in [-0.2, -0.15) is 8.78 Å². The van der Waals surface area contributed by atoms with Crippen LogP contribution in [0.1, 0.15) is 37.3 Å². The van der Waals surface area contributed by atoms with Crippen molar-refractivity contribution in [1.82, 2.24) is 0 Å². The molecule has 0 aliphatic heterocycles.